The minimum Gasteiger partial charge on any atom is -0.423 e. The van der Waals surface area contributed by atoms with Crippen LogP contribution in [0.4, 0.5) is 0 Å². The highest BCUT2D eigenvalue weighted by molar-refractivity contribution is 7.91. The summed E-state index contributed by atoms with van der Waals surface area (Å²) in [6, 6.07) is -0.0857. The van der Waals surface area contributed by atoms with Crippen LogP contribution in [0.25, 0.3) is 0 Å². The first-order valence-electron chi connectivity index (χ1n) is 7.26. The molecule has 1 saturated heterocycles. The normalized spacial score (nSPS) is 20.5. The lowest BCUT2D eigenvalue weighted by Gasteiger charge is -2.25. The van der Waals surface area contributed by atoms with Gasteiger partial charge in [0.25, 0.3) is 0 Å². The van der Waals surface area contributed by atoms with Crippen molar-refractivity contribution in [3.8, 4) is 0 Å². The van der Waals surface area contributed by atoms with Gasteiger partial charge in [0.1, 0.15) is 0 Å². The molecule has 1 atom stereocenters. The van der Waals surface area contributed by atoms with E-state index in [2.05, 4.69) is 10.2 Å². The van der Waals surface area contributed by atoms with E-state index >= 15 is 0 Å². The molecule has 1 aromatic heterocycles. The zero-order valence-corrected chi connectivity index (χ0v) is 14.0. The predicted octanol–water partition coefficient (Wildman–Crippen LogP) is -0.291. The number of hydrogen-bond donors (Lipinski definition) is 0. The van der Waals surface area contributed by atoms with Crippen molar-refractivity contribution >= 4 is 15.7 Å². The summed E-state index contributed by atoms with van der Waals surface area (Å²) in [5.74, 6) is 1.17. The monoisotopic (exact) mass is 330 g/mol. The Kier molecular flexibility index (Phi) is 5.17. The van der Waals surface area contributed by atoms with E-state index in [9.17, 15) is 13.2 Å². The van der Waals surface area contributed by atoms with E-state index in [0.717, 1.165) is 0 Å². The third-order valence-corrected chi connectivity index (χ3v) is 5.58. The van der Waals surface area contributed by atoms with Gasteiger partial charge in [0, 0.05) is 19.5 Å². The Balaban J connectivity index is 1.85. The van der Waals surface area contributed by atoms with Gasteiger partial charge in [-0.15, -0.1) is 10.2 Å². The van der Waals surface area contributed by atoms with Gasteiger partial charge in [0.05, 0.1) is 24.6 Å². The highest BCUT2D eigenvalue weighted by Gasteiger charge is 2.31. The zero-order chi connectivity index (χ0) is 16.3. The molecule has 1 unspecified atom stereocenters. The van der Waals surface area contributed by atoms with Crippen LogP contribution in [-0.2, 0) is 27.6 Å². The molecule has 1 amide bonds. The number of aryl methyl sites for hydroxylation is 1. The van der Waals surface area contributed by atoms with Crippen molar-refractivity contribution < 1.29 is 17.6 Å². The van der Waals surface area contributed by atoms with Crippen molar-refractivity contribution in [2.75, 3.05) is 32.1 Å². The smallest absolute Gasteiger partial charge is 0.236 e. The summed E-state index contributed by atoms with van der Waals surface area (Å²) in [7, 11) is 0.496. The summed E-state index contributed by atoms with van der Waals surface area (Å²) in [6.07, 6.45) is 1.24. The molecule has 8 nitrogen and oxygen atoms in total. The van der Waals surface area contributed by atoms with Crippen LogP contribution < -0.4 is 0 Å². The largest absolute Gasteiger partial charge is 0.423 e. The molecule has 0 saturated carbocycles. The second kappa shape index (κ2) is 6.74. The Hall–Kier alpha value is -1.48. The number of amides is 1. The van der Waals surface area contributed by atoms with Crippen LogP contribution in [0.3, 0.4) is 0 Å². The van der Waals surface area contributed by atoms with Crippen molar-refractivity contribution in [2.24, 2.45) is 0 Å². The minimum absolute atomic E-state index is 0.0857. The summed E-state index contributed by atoms with van der Waals surface area (Å²) >= 11 is 0. The van der Waals surface area contributed by atoms with Gasteiger partial charge in [0.2, 0.25) is 17.7 Å². The molecular formula is C13H22N4O4S. The molecule has 1 fully saturated rings. The third-order valence-electron chi connectivity index (χ3n) is 3.83. The van der Waals surface area contributed by atoms with E-state index in [4.69, 9.17) is 4.42 Å². The van der Waals surface area contributed by atoms with Crippen LogP contribution in [0, 0.1) is 0 Å². The van der Waals surface area contributed by atoms with Crippen LogP contribution >= 0.6 is 0 Å². The van der Waals surface area contributed by atoms with Gasteiger partial charge in [-0.3, -0.25) is 9.69 Å². The number of hydrogen-bond acceptors (Lipinski definition) is 7. The molecule has 0 aromatic carbocycles. The van der Waals surface area contributed by atoms with Crippen LogP contribution in [0.15, 0.2) is 4.42 Å². The van der Waals surface area contributed by atoms with Crippen molar-refractivity contribution in [1.82, 2.24) is 20.0 Å². The Morgan fingerprint density at radius 3 is 2.55 bits per heavy atom. The number of carbonyl (C=O) groups excluding carboxylic acids is 1. The first-order chi connectivity index (χ1) is 10.3. The molecule has 0 bridgehead atoms. The van der Waals surface area contributed by atoms with E-state index in [0.29, 0.717) is 24.6 Å². The van der Waals surface area contributed by atoms with Crippen LogP contribution in [-0.4, -0.2) is 72.5 Å². The maximum atomic E-state index is 12.2. The van der Waals surface area contributed by atoms with Crippen LogP contribution in [0.1, 0.15) is 25.1 Å². The second-order valence-electron chi connectivity index (χ2n) is 5.66. The quantitative estimate of drug-likeness (QED) is 0.707. The molecule has 0 spiro atoms. The molecule has 1 aliphatic rings. The molecule has 1 aromatic rings. The average molecular weight is 330 g/mol. The number of sulfone groups is 1. The Labute approximate surface area is 130 Å². The molecule has 0 aliphatic carbocycles. The van der Waals surface area contributed by atoms with E-state index in [1.807, 2.05) is 6.92 Å². The third kappa shape index (κ3) is 4.26. The molecular weight excluding hydrogens is 308 g/mol. The summed E-state index contributed by atoms with van der Waals surface area (Å²) in [5.41, 5.74) is 0. The SMILES string of the molecule is CCc1nnc(CN(C)C(=O)CN(C)C2CCS(=O)(=O)C2)o1. The maximum Gasteiger partial charge on any atom is 0.236 e. The molecule has 0 radical (unpaired) electrons. The Bertz CT molecular complexity index is 628. The number of likely N-dealkylation sites (N-methyl/N-ethyl adjacent to an activating group) is 2. The van der Waals surface area contributed by atoms with Crippen molar-refractivity contribution in [3.63, 3.8) is 0 Å². The number of rotatable bonds is 6. The zero-order valence-electron chi connectivity index (χ0n) is 13.2. The molecule has 22 heavy (non-hydrogen) atoms. The fraction of sp³-hybridized carbons (Fsp3) is 0.769. The number of aromatic nitrogens is 2. The van der Waals surface area contributed by atoms with Crippen LogP contribution in [0.5, 0.6) is 0 Å². The van der Waals surface area contributed by atoms with E-state index in [1.165, 1.54) is 4.90 Å². The lowest BCUT2D eigenvalue weighted by molar-refractivity contribution is -0.132. The molecule has 1 aliphatic heterocycles. The van der Waals surface area contributed by atoms with Gasteiger partial charge in [-0.05, 0) is 13.5 Å². The minimum atomic E-state index is -2.95. The summed E-state index contributed by atoms with van der Waals surface area (Å²) in [6.45, 7) is 2.34. The van der Waals surface area contributed by atoms with Gasteiger partial charge < -0.3 is 9.32 Å². The second-order valence-corrected chi connectivity index (χ2v) is 7.89. The number of carbonyl (C=O) groups is 1. The highest BCUT2D eigenvalue weighted by atomic mass is 32.2. The van der Waals surface area contributed by atoms with Crippen molar-refractivity contribution in [2.45, 2.75) is 32.4 Å². The summed E-state index contributed by atoms with van der Waals surface area (Å²) < 4.78 is 28.4. The highest BCUT2D eigenvalue weighted by Crippen LogP contribution is 2.16. The Morgan fingerprint density at radius 2 is 2.00 bits per heavy atom. The molecule has 9 heteroatoms. The van der Waals surface area contributed by atoms with Crippen molar-refractivity contribution in [1.29, 1.82) is 0 Å². The topological polar surface area (TPSA) is 96.6 Å². The maximum absolute atomic E-state index is 12.2. The lowest BCUT2D eigenvalue weighted by atomic mass is 10.2. The van der Waals surface area contributed by atoms with Gasteiger partial charge in [-0.1, -0.05) is 6.92 Å². The van der Waals surface area contributed by atoms with E-state index < -0.39 is 9.84 Å². The summed E-state index contributed by atoms with van der Waals surface area (Å²) in [5, 5.41) is 7.74. The Morgan fingerprint density at radius 1 is 1.32 bits per heavy atom. The lowest BCUT2D eigenvalue weighted by Crippen LogP contribution is -2.41. The van der Waals surface area contributed by atoms with E-state index in [1.54, 1.807) is 19.0 Å². The predicted molar refractivity (Wildman–Crippen MR) is 79.8 cm³/mol. The van der Waals surface area contributed by atoms with E-state index in [-0.39, 0.29) is 36.5 Å². The summed E-state index contributed by atoms with van der Waals surface area (Å²) in [4.78, 5) is 15.5. The first kappa shape index (κ1) is 16.9. The van der Waals surface area contributed by atoms with Gasteiger partial charge in [-0.25, -0.2) is 8.42 Å². The van der Waals surface area contributed by atoms with Crippen LogP contribution in [0.2, 0.25) is 0 Å². The standard InChI is InChI=1S/C13H22N4O4S/c1-4-11-14-15-12(21-11)7-17(3)13(18)8-16(2)10-5-6-22(19,20)9-10/h10H,4-9H2,1-3H3. The fourth-order valence-electron chi connectivity index (χ4n) is 2.37. The molecule has 2 heterocycles. The van der Waals surface area contributed by atoms with Gasteiger partial charge in [-0.2, -0.15) is 0 Å². The van der Waals surface area contributed by atoms with Gasteiger partial charge >= 0.3 is 0 Å². The first-order valence-corrected chi connectivity index (χ1v) is 9.08. The van der Waals surface area contributed by atoms with Gasteiger partial charge in [0.15, 0.2) is 9.84 Å². The molecule has 0 N–H and O–H groups in total. The molecule has 2 rings (SSSR count). The molecule has 124 valence electrons. The average Bonchev–Trinajstić information content (AvgIpc) is 3.04. The fourth-order valence-corrected chi connectivity index (χ4v) is 4.18. The van der Waals surface area contributed by atoms with Crippen molar-refractivity contribution in [3.05, 3.63) is 11.8 Å². The number of nitrogens with zero attached hydrogens (tertiary/aromatic N) is 4.